The number of fused-ring (bicyclic) bond motifs is 10. The van der Waals surface area contributed by atoms with Crippen molar-refractivity contribution in [1.29, 1.82) is 0 Å². The van der Waals surface area contributed by atoms with Gasteiger partial charge in [-0.1, -0.05) is 309 Å². The van der Waals surface area contributed by atoms with E-state index < -0.39 is 0 Å². The summed E-state index contributed by atoms with van der Waals surface area (Å²) < 4.78 is 0. The highest BCUT2D eigenvalue weighted by molar-refractivity contribution is 6.31. The van der Waals surface area contributed by atoms with Crippen molar-refractivity contribution in [2.45, 2.75) is 6.92 Å². The first-order valence-electron chi connectivity index (χ1n) is 31.5. The molecule has 0 bridgehead atoms. The third kappa shape index (κ3) is 8.27. The number of rotatable bonds is 7. The lowest BCUT2D eigenvalue weighted by molar-refractivity contribution is 1.26. The Balaban J connectivity index is 0.000000136. The second-order valence-electron chi connectivity index (χ2n) is 24.1. The molecule has 19 rings (SSSR count). The Bertz CT molecular complexity index is 5610. The van der Waals surface area contributed by atoms with Crippen molar-refractivity contribution in [3.05, 3.63) is 327 Å². The third-order valence-electron chi connectivity index (χ3n) is 19.1. The maximum atomic E-state index is 5.27. The smallest absolute Gasteiger partial charge is 0.0788 e. The van der Waals surface area contributed by atoms with Crippen molar-refractivity contribution >= 4 is 64.9 Å². The number of hydrogen-bond acceptors (Lipinski definition) is 2. The molecule has 2 aliphatic carbocycles. The summed E-state index contributed by atoms with van der Waals surface area (Å²) in [5.41, 5.74) is 30.6. The first-order chi connectivity index (χ1) is 45.1. The second-order valence-corrected chi connectivity index (χ2v) is 24.1. The fraction of sp³-hybridized carbons (Fsp3) is 0.0112. The Labute approximate surface area is 528 Å². The van der Waals surface area contributed by atoms with Crippen molar-refractivity contribution < 1.29 is 0 Å². The van der Waals surface area contributed by atoms with Crippen molar-refractivity contribution in [2.24, 2.45) is 0 Å². The predicted octanol–water partition coefficient (Wildman–Crippen LogP) is 24.4. The summed E-state index contributed by atoms with van der Waals surface area (Å²) >= 11 is 0. The Kier molecular flexibility index (Phi) is 12.2. The lowest BCUT2D eigenvalue weighted by Gasteiger charge is -2.20. The van der Waals surface area contributed by atoms with E-state index in [4.69, 9.17) is 9.97 Å². The zero-order chi connectivity index (χ0) is 60.1. The minimum atomic E-state index is 0.987. The van der Waals surface area contributed by atoms with Gasteiger partial charge in [0, 0.05) is 33.2 Å². The molecule has 0 fully saturated rings. The van der Waals surface area contributed by atoms with Gasteiger partial charge in [-0.25, -0.2) is 4.98 Å². The van der Waals surface area contributed by atoms with Crippen LogP contribution in [0.5, 0.6) is 0 Å². The first kappa shape index (κ1) is 52.3. The van der Waals surface area contributed by atoms with Crippen LogP contribution in [0.4, 0.5) is 0 Å². The molecule has 2 heterocycles. The van der Waals surface area contributed by atoms with Crippen LogP contribution < -0.4 is 0 Å². The zero-order valence-corrected chi connectivity index (χ0v) is 50.0. The number of aryl methyl sites for hydroxylation is 1. The van der Waals surface area contributed by atoms with E-state index in [-0.39, 0.29) is 0 Å². The van der Waals surface area contributed by atoms with E-state index >= 15 is 0 Å². The molecule has 2 heteroatoms. The molecule has 2 aromatic heterocycles. The standard InChI is InChI=1S/C47H29N.C42H27N/c1-4-14-30(15-5-1)41-29-26-33-20-12-24-38(47(33)48-41)34-27-28-40-44-35(34)23-13-25-39(44)45-42(31-16-6-2-7-17-31)36-21-10-11-22-37(36)43(46(40)45)32-18-8-3-9-19-32;1-26-22-23-29-16-10-20-34(42(29)43-26)30-24-25-36-39-31(30)19-11-21-35(39)40-37(27-12-4-2-5-13-27)32-17-8-9-18-33(32)38(41(36)40)28-14-6-3-7-15-28/h1-29H;2-25H,1H3. The Hall–Kier alpha value is -11.8. The molecule has 2 nitrogen and oxygen atoms in total. The second kappa shape index (κ2) is 21.2. The Morgan fingerprint density at radius 2 is 0.484 bits per heavy atom. The fourth-order valence-electron chi connectivity index (χ4n) is 15.3. The van der Waals surface area contributed by atoms with Gasteiger partial charge in [0.1, 0.15) is 0 Å². The van der Waals surface area contributed by atoms with Crippen LogP contribution in [0.1, 0.15) is 5.69 Å². The number of benzene rings is 15. The van der Waals surface area contributed by atoms with Crippen LogP contribution >= 0.6 is 0 Å². The number of hydrogen-bond donors (Lipinski definition) is 0. The summed E-state index contributed by atoms with van der Waals surface area (Å²) in [5, 5.41) is 12.6. The van der Waals surface area contributed by atoms with Crippen LogP contribution in [0, 0.1) is 6.92 Å². The quantitative estimate of drug-likeness (QED) is 0.159. The predicted molar refractivity (Wildman–Crippen MR) is 385 cm³/mol. The monoisotopic (exact) mass is 1150 g/mol. The maximum Gasteiger partial charge on any atom is 0.0788 e. The summed E-state index contributed by atoms with van der Waals surface area (Å²) in [4.78, 5) is 10.3. The number of pyridine rings is 2. The highest BCUT2D eigenvalue weighted by Crippen LogP contribution is 2.61. The van der Waals surface area contributed by atoms with Gasteiger partial charge in [-0.3, -0.25) is 4.98 Å². The van der Waals surface area contributed by atoms with Gasteiger partial charge in [-0.05, 0) is 162 Å². The summed E-state index contributed by atoms with van der Waals surface area (Å²) in [5.74, 6) is 0. The van der Waals surface area contributed by atoms with E-state index in [2.05, 4.69) is 328 Å². The van der Waals surface area contributed by atoms with Gasteiger partial charge in [-0.2, -0.15) is 0 Å². The molecule has 0 amide bonds. The van der Waals surface area contributed by atoms with Crippen LogP contribution in [0.3, 0.4) is 0 Å². The number of para-hydroxylation sites is 2. The van der Waals surface area contributed by atoms with Gasteiger partial charge >= 0.3 is 0 Å². The molecule has 91 heavy (non-hydrogen) atoms. The van der Waals surface area contributed by atoms with Gasteiger partial charge in [-0.15, -0.1) is 0 Å². The fourth-order valence-corrected chi connectivity index (χ4v) is 15.3. The van der Waals surface area contributed by atoms with Crippen molar-refractivity contribution in [2.75, 3.05) is 0 Å². The molecule has 2 aliphatic rings. The van der Waals surface area contributed by atoms with Gasteiger partial charge in [0.2, 0.25) is 0 Å². The molecule has 0 saturated carbocycles. The van der Waals surface area contributed by atoms with E-state index in [0.717, 1.165) is 38.9 Å². The van der Waals surface area contributed by atoms with E-state index in [1.807, 2.05) is 0 Å². The highest BCUT2D eigenvalue weighted by atomic mass is 14.7. The minimum Gasteiger partial charge on any atom is -0.252 e. The maximum absolute atomic E-state index is 5.27. The van der Waals surface area contributed by atoms with Crippen molar-refractivity contribution in [1.82, 2.24) is 9.97 Å². The van der Waals surface area contributed by atoms with Crippen LogP contribution in [0.25, 0.3) is 187 Å². The summed E-state index contributed by atoms with van der Waals surface area (Å²) in [6, 6.07) is 117. The Morgan fingerprint density at radius 3 is 0.879 bits per heavy atom. The highest BCUT2D eigenvalue weighted by Gasteiger charge is 2.33. The van der Waals surface area contributed by atoms with E-state index in [1.165, 1.54) is 154 Å². The molecule has 0 aliphatic heterocycles. The molecule has 422 valence electrons. The summed E-state index contributed by atoms with van der Waals surface area (Å²) in [7, 11) is 0. The van der Waals surface area contributed by atoms with Crippen LogP contribution in [0.15, 0.2) is 322 Å². The van der Waals surface area contributed by atoms with Crippen LogP contribution in [-0.4, -0.2) is 9.97 Å². The molecular formula is C89H56N2. The average Bonchev–Trinajstić information content (AvgIpc) is 1.57. The van der Waals surface area contributed by atoms with E-state index in [0.29, 0.717) is 0 Å². The number of nitrogens with zero attached hydrogens (tertiary/aromatic N) is 2. The van der Waals surface area contributed by atoms with E-state index in [1.54, 1.807) is 0 Å². The van der Waals surface area contributed by atoms with Gasteiger partial charge in [0.05, 0.1) is 16.7 Å². The molecule has 0 atom stereocenters. The molecule has 17 aromatic rings. The van der Waals surface area contributed by atoms with E-state index in [9.17, 15) is 0 Å². The lowest BCUT2D eigenvalue weighted by Crippen LogP contribution is -1.93. The summed E-state index contributed by atoms with van der Waals surface area (Å²) in [6.07, 6.45) is 0. The third-order valence-corrected chi connectivity index (χ3v) is 19.1. The minimum absolute atomic E-state index is 0.987. The molecule has 0 unspecified atom stereocenters. The summed E-state index contributed by atoms with van der Waals surface area (Å²) in [6.45, 7) is 2.07. The average molecular weight is 1150 g/mol. The molecule has 0 spiro atoms. The van der Waals surface area contributed by atoms with Crippen molar-refractivity contribution in [3.63, 3.8) is 0 Å². The SMILES string of the molecule is Cc1ccc2cccc(-c3ccc4c5c(cccc35)-c3c-4c(-c4ccccc4)c4ccccc4c3-c3ccccc3)c2n1.c1ccc(-c2ccc3cccc(-c4ccc5c6c(cccc46)-c4c-5c(-c5ccccc5)c5ccccc5c4-c4ccccc4)c3n2)cc1. The van der Waals surface area contributed by atoms with Gasteiger partial charge in [0.25, 0.3) is 0 Å². The molecule has 0 radical (unpaired) electrons. The zero-order valence-electron chi connectivity index (χ0n) is 50.0. The van der Waals surface area contributed by atoms with Crippen molar-refractivity contribution in [3.8, 4) is 123 Å². The van der Waals surface area contributed by atoms with Gasteiger partial charge in [0.15, 0.2) is 0 Å². The molecule has 0 saturated heterocycles. The largest absolute Gasteiger partial charge is 0.252 e. The normalized spacial score (nSPS) is 11.8. The van der Waals surface area contributed by atoms with Crippen LogP contribution in [-0.2, 0) is 0 Å². The lowest BCUT2D eigenvalue weighted by atomic mass is 9.82. The van der Waals surface area contributed by atoms with Gasteiger partial charge < -0.3 is 0 Å². The first-order valence-corrected chi connectivity index (χ1v) is 31.5. The van der Waals surface area contributed by atoms with Crippen LogP contribution in [0.2, 0.25) is 0 Å². The number of aromatic nitrogens is 2. The molecule has 0 N–H and O–H groups in total. The molecular weight excluding hydrogens is 1100 g/mol. The topological polar surface area (TPSA) is 25.8 Å². The Morgan fingerprint density at radius 1 is 0.187 bits per heavy atom. The molecule has 15 aromatic carbocycles.